The molecule has 0 aliphatic heterocycles. The lowest BCUT2D eigenvalue weighted by atomic mass is 10.1. The molecule has 0 rings (SSSR count). The minimum atomic E-state index is -4.41. The van der Waals surface area contributed by atoms with E-state index in [0.29, 0.717) is 30.3 Å². The molecular formula is C50H79NO8P+. The summed E-state index contributed by atoms with van der Waals surface area (Å²) in [4.78, 5) is 35.3. The van der Waals surface area contributed by atoms with Gasteiger partial charge in [-0.25, -0.2) is 4.57 Å². The Morgan fingerprint density at radius 1 is 0.533 bits per heavy atom. The fourth-order valence-electron chi connectivity index (χ4n) is 4.93. The minimum Gasteiger partial charge on any atom is -0.462 e. The van der Waals surface area contributed by atoms with E-state index in [-0.39, 0.29) is 26.1 Å². The molecule has 0 heterocycles. The smallest absolute Gasteiger partial charge is 0.462 e. The van der Waals surface area contributed by atoms with Crippen LogP contribution in [0.15, 0.2) is 134 Å². The summed E-state index contributed by atoms with van der Waals surface area (Å²) in [7, 11) is 1.38. The zero-order valence-corrected chi connectivity index (χ0v) is 38.5. The number of quaternary nitrogens is 1. The Hall–Kier alpha value is -3.85. The van der Waals surface area contributed by atoms with Crippen LogP contribution in [-0.4, -0.2) is 74.9 Å². The number of allylic oxidation sites excluding steroid dienone is 22. The van der Waals surface area contributed by atoms with Crippen molar-refractivity contribution in [2.75, 3.05) is 47.5 Å². The van der Waals surface area contributed by atoms with Gasteiger partial charge in [0.05, 0.1) is 27.7 Å². The Morgan fingerprint density at radius 2 is 1.00 bits per heavy atom. The van der Waals surface area contributed by atoms with Crippen LogP contribution in [0.5, 0.6) is 0 Å². The van der Waals surface area contributed by atoms with Crippen molar-refractivity contribution in [2.45, 2.75) is 123 Å². The van der Waals surface area contributed by atoms with Gasteiger partial charge in [0.2, 0.25) is 0 Å². The van der Waals surface area contributed by atoms with E-state index in [4.69, 9.17) is 18.5 Å². The Labute approximate surface area is 364 Å². The lowest BCUT2D eigenvalue weighted by Crippen LogP contribution is -2.37. The molecule has 10 heteroatoms. The summed E-state index contributed by atoms with van der Waals surface area (Å²) in [5.41, 5.74) is 0. The molecule has 0 bridgehead atoms. The molecule has 60 heavy (non-hydrogen) atoms. The molecule has 0 saturated heterocycles. The lowest BCUT2D eigenvalue weighted by molar-refractivity contribution is -0.870. The Morgan fingerprint density at radius 3 is 1.55 bits per heavy atom. The number of carbonyl (C=O) groups is 2. The van der Waals surface area contributed by atoms with Crippen LogP contribution in [0.25, 0.3) is 0 Å². The summed E-state index contributed by atoms with van der Waals surface area (Å²) in [6, 6.07) is 0. The number of esters is 2. The zero-order chi connectivity index (χ0) is 44.3. The van der Waals surface area contributed by atoms with Crippen molar-refractivity contribution in [3.63, 3.8) is 0 Å². The second-order valence-corrected chi connectivity index (χ2v) is 16.5. The first-order valence-corrected chi connectivity index (χ1v) is 23.5. The number of carbonyl (C=O) groups excluding carboxylic acids is 2. The van der Waals surface area contributed by atoms with Crippen LogP contribution in [0, 0.1) is 0 Å². The SMILES string of the molecule is CC/C=C/C=C/C=C/C=C/C=C/CCCC(=O)OC(COC(=O)CCCCCC/C=C/C/C=C/C/C=C/C/C=C/C/C=C/C/C=C/CC)COP(=O)(O)OCC[N+](C)(C)C. The van der Waals surface area contributed by atoms with E-state index in [1.807, 2.05) is 75.8 Å². The van der Waals surface area contributed by atoms with E-state index >= 15 is 0 Å². The largest absolute Gasteiger partial charge is 0.472 e. The molecule has 0 radical (unpaired) electrons. The maximum atomic E-state index is 12.6. The molecule has 0 aliphatic rings. The van der Waals surface area contributed by atoms with Gasteiger partial charge in [-0.15, -0.1) is 0 Å². The third kappa shape index (κ3) is 43.7. The van der Waals surface area contributed by atoms with Crippen LogP contribution in [-0.2, 0) is 32.7 Å². The quantitative estimate of drug-likeness (QED) is 0.0164. The summed E-state index contributed by atoms with van der Waals surface area (Å²) in [6.45, 7) is 4.00. The van der Waals surface area contributed by atoms with Crippen molar-refractivity contribution in [2.24, 2.45) is 0 Å². The summed E-state index contributed by atoms with van der Waals surface area (Å²) in [5.74, 6) is -0.933. The monoisotopic (exact) mass is 853 g/mol. The first-order chi connectivity index (χ1) is 29.0. The molecule has 0 fully saturated rings. The fraction of sp³-hybridized carbons (Fsp3) is 0.520. The maximum Gasteiger partial charge on any atom is 0.472 e. The number of rotatable bonds is 37. The van der Waals surface area contributed by atoms with Gasteiger partial charge in [-0.1, -0.05) is 160 Å². The topological polar surface area (TPSA) is 108 Å². The number of ether oxygens (including phenoxy) is 2. The van der Waals surface area contributed by atoms with Gasteiger partial charge < -0.3 is 18.9 Å². The standard InChI is InChI=1S/C50H78NO8P/c1-6-8-10-12-14-16-18-20-21-22-23-24-25-26-27-28-29-31-32-34-36-38-40-42-49(52)56-46-48(47-58-60(54,55)57-45-44-51(3,4)5)59-50(53)43-41-39-37-35-33-30-19-17-15-13-11-9-7-2/h8-11,13-17,19-21,23-24,26-27,29-31,33,35,37,48H,6-7,12,18,22,25,28,32,34,36,38-47H2,1-5H3/p+1/b10-8+,11-9+,15-13+,16-14+,19-17+,21-20+,24-23+,27-26+,31-29+,33-30+,37-35+. The number of hydrogen-bond acceptors (Lipinski definition) is 7. The lowest BCUT2D eigenvalue weighted by Gasteiger charge is -2.24. The average molecular weight is 853 g/mol. The van der Waals surface area contributed by atoms with E-state index in [1.165, 1.54) is 0 Å². The van der Waals surface area contributed by atoms with E-state index in [9.17, 15) is 19.0 Å². The van der Waals surface area contributed by atoms with Crippen LogP contribution in [0.3, 0.4) is 0 Å². The number of nitrogens with zero attached hydrogens (tertiary/aromatic N) is 1. The van der Waals surface area contributed by atoms with Crippen molar-refractivity contribution < 1.29 is 42.1 Å². The van der Waals surface area contributed by atoms with Crippen LogP contribution in [0.2, 0.25) is 0 Å². The van der Waals surface area contributed by atoms with Crippen LogP contribution < -0.4 is 0 Å². The van der Waals surface area contributed by atoms with Crippen molar-refractivity contribution in [1.82, 2.24) is 0 Å². The third-order valence-electron chi connectivity index (χ3n) is 8.30. The van der Waals surface area contributed by atoms with Crippen LogP contribution in [0.1, 0.15) is 117 Å². The van der Waals surface area contributed by atoms with Gasteiger partial charge >= 0.3 is 19.8 Å². The van der Waals surface area contributed by atoms with Crippen molar-refractivity contribution in [3.8, 4) is 0 Å². The molecule has 0 aromatic carbocycles. The van der Waals surface area contributed by atoms with Crippen molar-refractivity contribution in [1.29, 1.82) is 0 Å². The molecule has 336 valence electrons. The van der Waals surface area contributed by atoms with Crippen LogP contribution in [0.4, 0.5) is 0 Å². The van der Waals surface area contributed by atoms with Gasteiger partial charge in [-0.05, 0) is 77.0 Å². The number of phosphoric ester groups is 1. The summed E-state index contributed by atoms with van der Waals surface area (Å²) < 4.78 is 34.1. The zero-order valence-electron chi connectivity index (χ0n) is 37.6. The molecule has 9 nitrogen and oxygen atoms in total. The first-order valence-electron chi connectivity index (χ1n) is 22.0. The van der Waals surface area contributed by atoms with Crippen molar-refractivity contribution >= 4 is 19.8 Å². The van der Waals surface area contributed by atoms with E-state index in [0.717, 1.165) is 70.6 Å². The molecule has 0 spiro atoms. The molecule has 0 aromatic rings. The number of unbranched alkanes of at least 4 members (excludes halogenated alkanes) is 5. The summed E-state index contributed by atoms with van der Waals surface area (Å²) >= 11 is 0. The molecule has 1 N–H and O–H groups in total. The highest BCUT2D eigenvalue weighted by Crippen LogP contribution is 2.43. The van der Waals surface area contributed by atoms with E-state index in [2.05, 4.69) is 92.8 Å². The maximum absolute atomic E-state index is 12.6. The highest BCUT2D eigenvalue weighted by molar-refractivity contribution is 7.47. The van der Waals surface area contributed by atoms with Gasteiger partial charge in [0.1, 0.15) is 19.8 Å². The minimum absolute atomic E-state index is 0.00476. The Balaban J connectivity index is 4.48. The Kier molecular flexibility index (Phi) is 37.9. The molecule has 0 aliphatic carbocycles. The van der Waals surface area contributed by atoms with Crippen molar-refractivity contribution in [3.05, 3.63) is 134 Å². The predicted molar refractivity (Wildman–Crippen MR) is 251 cm³/mol. The molecular weight excluding hydrogens is 774 g/mol. The normalized spacial score (nSPS) is 14.8. The fourth-order valence-corrected chi connectivity index (χ4v) is 5.67. The van der Waals surface area contributed by atoms with Gasteiger partial charge in [0, 0.05) is 12.8 Å². The van der Waals surface area contributed by atoms with Gasteiger partial charge in [0.15, 0.2) is 6.10 Å². The van der Waals surface area contributed by atoms with Crippen LogP contribution >= 0.6 is 7.82 Å². The molecule has 0 aromatic heterocycles. The highest BCUT2D eigenvalue weighted by Gasteiger charge is 2.27. The summed E-state index contributed by atoms with van der Waals surface area (Å²) in [6.07, 6.45) is 58.1. The molecule has 2 atom stereocenters. The third-order valence-corrected chi connectivity index (χ3v) is 9.29. The predicted octanol–water partition coefficient (Wildman–Crippen LogP) is 12.7. The van der Waals surface area contributed by atoms with E-state index in [1.54, 1.807) is 0 Å². The van der Waals surface area contributed by atoms with Gasteiger partial charge in [-0.2, -0.15) is 0 Å². The van der Waals surface area contributed by atoms with Gasteiger partial charge in [0.25, 0.3) is 0 Å². The van der Waals surface area contributed by atoms with E-state index < -0.39 is 32.5 Å². The Bertz CT molecular complexity index is 1470. The molecule has 0 saturated carbocycles. The number of phosphoric acid groups is 1. The highest BCUT2D eigenvalue weighted by atomic mass is 31.2. The first kappa shape index (κ1) is 56.1. The molecule has 0 amide bonds. The second-order valence-electron chi connectivity index (χ2n) is 15.1. The molecule has 2 unspecified atom stereocenters. The number of likely N-dealkylation sites (N-methyl/N-ethyl adjacent to an activating group) is 1. The summed E-state index contributed by atoms with van der Waals surface area (Å²) in [5, 5.41) is 0. The average Bonchev–Trinajstić information content (AvgIpc) is 3.20. The van der Waals surface area contributed by atoms with Gasteiger partial charge in [-0.3, -0.25) is 18.6 Å². The number of hydrogen-bond donors (Lipinski definition) is 1. The second kappa shape index (κ2) is 40.6.